The van der Waals surface area contributed by atoms with Crippen LogP contribution in [0.4, 0.5) is 4.79 Å². The number of ether oxygens (including phenoxy) is 3. The highest BCUT2D eigenvalue weighted by Gasteiger charge is 2.65. The number of rotatable bonds is 5. The zero-order valence-electron chi connectivity index (χ0n) is 18.7. The van der Waals surface area contributed by atoms with E-state index in [9.17, 15) is 4.79 Å². The van der Waals surface area contributed by atoms with Crippen LogP contribution in [0.15, 0.2) is 42.5 Å². The van der Waals surface area contributed by atoms with Crippen molar-refractivity contribution in [1.82, 2.24) is 4.90 Å². The Labute approximate surface area is 178 Å². The number of nitrogens with zero attached hydrogens (tertiary/aromatic N) is 1. The molecule has 0 radical (unpaired) electrons. The third-order valence-electron chi connectivity index (χ3n) is 7.13. The number of amides is 1. The predicted octanol–water partition coefficient (Wildman–Crippen LogP) is 5.05. The molecule has 30 heavy (non-hydrogen) atoms. The van der Waals surface area contributed by atoms with Crippen LogP contribution in [0.2, 0.25) is 0 Å². The van der Waals surface area contributed by atoms with Gasteiger partial charge in [0.15, 0.2) is 11.5 Å². The van der Waals surface area contributed by atoms with Crippen LogP contribution in [0.3, 0.4) is 0 Å². The third-order valence-corrected chi connectivity index (χ3v) is 7.13. The van der Waals surface area contributed by atoms with Crippen LogP contribution in [0.5, 0.6) is 11.5 Å². The molecule has 2 atom stereocenters. The lowest BCUT2D eigenvalue weighted by Crippen LogP contribution is -2.58. The number of hydrogen-bond donors (Lipinski definition) is 0. The number of hydrogen-bond acceptors (Lipinski definition) is 4. The molecule has 1 amide bonds. The SMILES string of the molecule is COc1ccc(CCN2C(=O)O[C@]3(C)CC(C)(C)c4ccccc4[C@@]23C)cc1OC. The van der Waals surface area contributed by atoms with Gasteiger partial charge >= 0.3 is 6.09 Å². The Hall–Kier alpha value is -2.69. The van der Waals surface area contributed by atoms with Crippen molar-refractivity contribution in [2.75, 3.05) is 20.8 Å². The van der Waals surface area contributed by atoms with E-state index < -0.39 is 11.1 Å². The van der Waals surface area contributed by atoms with E-state index in [1.165, 1.54) is 11.1 Å². The molecule has 0 aromatic heterocycles. The van der Waals surface area contributed by atoms with E-state index in [0.717, 1.165) is 12.0 Å². The molecular weight excluding hydrogens is 378 g/mol. The molecule has 1 saturated heterocycles. The van der Waals surface area contributed by atoms with E-state index in [-0.39, 0.29) is 11.5 Å². The molecule has 1 heterocycles. The lowest BCUT2D eigenvalue weighted by Gasteiger charge is -2.52. The second-order valence-corrected chi connectivity index (χ2v) is 9.37. The molecule has 1 aliphatic carbocycles. The minimum Gasteiger partial charge on any atom is -0.493 e. The van der Waals surface area contributed by atoms with Crippen LogP contribution in [0, 0.1) is 0 Å². The molecule has 0 saturated carbocycles. The van der Waals surface area contributed by atoms with Crippen LogP contribution in [0.25, 0.3) is 0 Å². The maximum absolute atomic E-state index is 13.1. The largest absolute Gasteiger partial charge is 0.493 e. The molecule has 1 fully saturated rings. The average molecular weight is 410 g/mol. The van der Waals surface area contributed by atoms with Gasteiger partial charge in [-0.2, -0.15) is 0 Å². The molecular formula is C25H31NO4. The van der Waals surface area contributed by atoms with Crippen LogP contribution >= 0.6 is 0 Å². The Balaban J connectivity index is 1.69. The standard InChI is InChI=1S/C25H31NO4/c1-23(2)16-24(3)25(4,19-10-8-7-9-18(19)23)26(22(27)30-24)14-13-17-11-12-20(28-5)21(15-17)29-6/h7-12,15H,13-14,16H2,1-6H3/t24-,25-/m1/s1. The number of carbonyl (C=O) groups is 1. The van der Waals surface area contributed by atoms with Crippen molar-refractivity contribution < 1.29 is 19.0 Å². The van der Waals surface area contributed by atoms with Crippen molar-refractivity contribution in [2.45, 2.75) is 57.1 Å². The van der Waals surface area contributed by atoms with Gasteiger partial charge in [0.25, 0.3) is 0 Å². The third kappa shape index (κ3) is 2.86. The van der Waals surface area contributed by atoms with Crippen molar-refractivity contribution in [1.29, 1.82) is 0 Å². The van der Waals surface area contributed by atoms with E-state index in [0.29, 0.717) is 24.5 Å². The summed E-state index contributed by atoms with van der Waals surface area (Å²) in [7, 11) is 3.26. The van der Waals surface area contributed by atoms with E-state index in [2.05, 4.69) is 52.0 Å². The minimum absolute atomic E-state index is 0.0650. The highest BCUT2D eigenvalue weighted by molar-refractivity contribution is 5.74. The number of benzene rings is 2. The molecule has 0 spiro atoms. The summed E-state index contributed by atoms with van der Waals surface area (Å²) in [6, 6.07) is 14.4. The van der Waals surface area contributed by atoms with Gasteiger partial charge in [-0.05, 0) is 60.9 Å². The molecule has 2 aliphatic rings. The Morgan fingerprint density at radius 1 is 0.967 bits per heavy atom. The second-order valence-electron chi connectivity index (χ2n) is 9.37. The average Bonchev–Trinajstić information content (AvgIpc) is 2.91. The predicted molar refractivity (Wildman–Crippen MR) is 116 cm³/mol. The molecule has 0 N–H and O–H groups in total. The topological polar surface area (TPSA) is 48.0 Å². The Morgan fingerprint density at radius 2 is 1.63 bits per heavy atom. The van der Waals surface area contributed by atoms with Crippen molar-refractivity contribution in [3.8, 4) is 11.5 Å². The van der Waals surface area contributed by atoms with Crippen LogP contribution in [0.1, 0.15) is 50.8 Å². The maximum Gasteiger partial charge on any atom is 0.411 e. The van der Waals surface area contributed by atoms with E-state index in [1.54, 1.807) is 14.2 Å². The van der Waals surface area contributed by atoms with Gasteiger partial charge in [0.2, 0.25) is 0 Å². The minimum atomic E-state index is -0.584. The van der Waals surface area contributed by atoms with Crippen LogP contribution in [-0.2, 0) is 22.1 Å². The van der Waals surface area contributed by atoms with Crippen LogP contribution < -0.4 is 9.47 Å². The van der Waals surface area contributed by atoms with Gasteiger partial charge in [-0.15, -0.1) is 0 Å². The first kappa shape index (κ1) is 20.6. The van der Waals surface area contributed by atoms with Crippen molar-refractivity contribution in [2.24, 2.45) is 0 Å². The summed E-state index contributed by atoms with van der Waals surface area (Å²) in [5, 5.41) is 0. The summed E-state index contributed by atoms with van der Waals surface area (Å²) < 4.78 is 16.8. The van der Waals surface area contributed by atoms with Gasteiger partial charge < -0.3 is 14.2 Å². The summed E-state index contributed by atoms with van der Waals surface area (Å²) in [6.07, 6.45) is 1.24. The second kappa shape index (κ2) is 6.93. The molecule has 4 rings (SSSR count). The van der Waals surface area contributed by atoms with E-state index in [4.69, 9.17) is 14.2 Å². The van der Waals surface area contributed by atoms with Crippen molar-refractivity contribution in [3.05, 3.63) is 59.2 Å². The molecule has 5 nitrogen and oxygen atoms in total. The lowest BCUT2D eigenvalue weighted by molar-refractivity contribution is -0.0291. The molecule has 5 heteroatoms. The van der Waals surface area contributed by atoms with Gasteiger partial charge in [-0.25, -0.2) is 4.79 Å². The first-order valence-electron chi connectivity index (χ1n) is 10.5. The fourth-order valence-corrected chi connectivity index (χ4v) is 5.48. The van der Waals surface area contributed by atoms with Crippen LogP contribution in [-0.4, -0.2) is 37.4 Å². The zero-order valence-corrected chi connectivity index (χ0v) is 18.7. The first-order chi connectivity index (χ1) is 14.2. The Bertz CT molecular complexity index is 985. The Morgan fingerprint density at radius 3 is 2.30 bits per heavy atom. The van der Waals surface area contributed by atoms with E-state index >= 15 is 0 Å². The fourth-order valence-electron chi connectivity index (χ4n) is 5.48. The highest BCUT2D eigenvalue weighted by atomic mass is 16.6. The normalized spacial score (nSPS) is 26.6. The molecule has 0 unspecified atom stereocenters. The van der Waals surface area contributed by atoms with E-state index in [1.807, 2.05) is 23.1 Å². The summed E-state index contributed by atoms with van der Waals surface area (Å²) >= 11 is 0. The van der Waals surface area contributed by atoms with Crippen molar-refractivity contribution >= 4 is 6.09 Å². The fraction of sp³-hybridized carbons (Fsp3) is 0.480. The van der Waals surface area contributed by atoms with Crippen molar-refractivity contribution in [3.63, 3.8) is 0 Å². The first-order valence-corrected chi connectivity index (χ1v) is 10.5. The van der Waals surface area contributed by atoms with Gasteiger partial charge in [0.05, 0.1) is 14.2 Å². The molecule has 2 aromatic rings. The summed E-state index contributed by atoms with van der Waals surface area (Å²) in [6.45, 7) is 9.27. The molecule has 160 valence electrons. The smallest absolute Gasteiger partial charge is 0.411 e. The summed E-state index contributed by atoms with van der Waals surface area (Å²) in [4.78, 5) is 15.0. The quantitative estimate of drug-likeness (QED) is 0.693. The number of fused-ring (bicyclic) bond motifs is 3. The number of methoxy groups -OCH3 is 2. The van der Waals surface area contributed by atoms with Gasteiger partial charge in [0.1, 0.15) is 11.1 Å². The molecule has 0 bridgehead atoms. The van der Waals surface area contributed by atoms with Gasteiger partial charge in [-0.3, -0.25) is 4.90 Å². The highest BCUT2D eigenvalue weighted by Crippen LogP contribution is 2.57. The molecule has 2 aromatic carbocycles. The van der Waals surface area contributed by atoms with Gasteiger partial charge in [-0.1, -0.05) is 44.2 Å². The zero-order chi connectivity index (χ0) is 21.7. The monoisotopic (exact) mass is 409 g/mol. The maximum atomic E-state index is 13.1. The Kier molecular flexibility index (Phi) is 4.75. The lowest BCUT2D eigenvalue weighted by atomic mass is 9.59. The number of carbonyl (C=O) groups excluding carboxylic acids is 1. The summed E-state index contributed by atoms with van der Waals surface area (Å²) in [5.41, 5.74) is 2.39. The summed E-state index contributed by atoms with van der Waals surface area (Å²) in [5.74, 6) is 1.39. The van der Waals surface area contributed by atoms with Gasteiger partial charge in [0, 0.05) is 6.54 Å². The molecule has 1 aliphatic heterocycles.